The van der Waals surface area contributed by atoms with Gasteiger partial charge in [0, 0.05) is 9.50 Å². The van der Waals surface area contributed by atoms with E-state index in [1.807, 2.05) is 12.1 Å². The zero-order chi connectivity index (χ0) is 9.14. The third-order valence-corrected chi connectivity index (χ3v) is 2.39. The Morgan fingerprint density at radius 2 is 2.25 bits per heavy atom. The molecule has 0 radical (unpaired) electrons. The van der Waals surface area contributed by atoms with E-state index in [-0.39, 0.29) is 6.61 Å². The summed E-state index contributed by atoms with van der Waals surface area (Å²) in [4.78, 5) is 0. The zero-order valence-electron chi connectivity index (χ0n) is 6.30. The van der Waals surface area contributed by atoms with Crippen LogP contribution in [0.2, 0.25) is 5.02 Å². The summed E-state index contributed by atoms with van der Waals surface area (Å²) in [7, 11) is 0. The lowest BCUT2D eigenvalue weighted by molar-refractivity contribution is 0.268. The zero-order valence-corrected chi connectivity index (χ0v) is 8.64. The highest BCUT2D eigenvalue weighted by Crippen LogP contribution is 2.24. The Balaban J connectivity index is 3.04. The number of hydrogen-bond donors (Lipinski definition) is 2. The Kier molecular flexibility index (Phi) is 3.53. The summed E-state index contributed by atoms with van der Waals surface area (Å²) in [6.45, 7) is -0.101. The second kappa shape index (κ2) is 4.23. The van der Waals surface area contributed by atoms with Gasteiger partial charge in [0.15, 0.2) is 0 Å². The topological polar surface area (TPSA) is 46.2 Å². The first-order valence-electron chi connectivity index (χ1n) is 3.46. The maximum atomic E-state index is 8.80. The molecular formula is C8H9BrClNO. The fourth-order valence-corrected chi connectivity index (χ4v) is 1.53. The first-order chi connectivity index (χ1) is 5.65. The molecule has 0 aliphatic heterocycles. The molecule has 0 fully saturated rings. The molecule has 1 rings (SSSR count). The molecule has 0 aromatic heterocycles. The second-order valence-corrected chi connectivity index (χ2v) is 3.78. The van der Waals surface area contributed by atoms with Crippen molar-refractivity contribution >= 4 is 27.5 Å². The second-order valence-electron chi connectivity index (χ2n) is 2.45. The van der Waals surface area contributed by atoms with Gasteiger partial charge in [-0.05, 0) is 23.8 Å². The maximum Gasteiger partial charge on any atom is 0.0624 e. The van der Waals surface area contributed by atoms with E-state index in [1.165, 1.54) is 0 Å². The van der Waals surface area contributed by atoms with E-state index in [2.05, 4.69) is 15.9 Å². The van der Waals surface area contributed by atoms with E-state index in [1.54, 1.807) is 6.07 Å². The third-order valence-electron chi connectivity index (χ3n) is 1.55. The third kappa shape index (κ3) is 2.20. The minimum Gasteiger partial charge on any atom is -0.394 e. The van der Waals surface area contributed by atoms with Crippen LogP contribution in [0.4, 0.5) is 0 Å². The summed E-state index contributed by atoms with van der Waals surface area (Å²) in [6, 6.07) is 4.98. The predicted molar refractivity (Wildman–Crippen MR) is 53.2 cm³/mol. The highest BCUT2D eigenvalue weighted by Gasteiger charge is 2.08. The molecule has 0 aliphatic carbocycles. The molecule has 0 aliphatic rings. The summed E-state index contributed by atoms with van der Waals surface area (Å²) in [6.07, 6.45) is 0. The molecule has 0 unspecified atom stereocenters. The first kappa shape index (κ1) is 9.99. The van der Waals surface area contributed by atoms with Crippen molar-refractivity contribution in [1.29, 1.82) is 0 Å². The number of rotatable bonds is 2. The van der Waals surface area contributed by atoms with Gasteiger partial charge in [0.1, 0.15) is 0 Å². The average molecular weight is 251 g/mol. The summed E-state index contributed by atoms with van der Waals surface area (Å²) < 4.78 is 0.908. The van der Waals surface area contributed by atoms with Crippen LogP contribution in [0.5, 0.6) is 0 Å². The highest BCUT2D eigenvalue weighted by molar-refractivity contribution is 9.10. The Morgan fingerprint density at radius 1 is 1.58 bits per heavy atom. The number of halogens is 2. The summed E-state index contributed by atoms with van der Waals surface area (Å²) in [5.74, 6) is 0. The van der Waals surface area contributed by atoms with Gasteiger partial charge in [-0.3, -0.25) is 0 Å². The van der Waals surface area contributed by atoms with Gasteiger partial charge in [0.2, 0.25) is 0 Å². The molecule has 1 aromatic carbocycles. The number of hydrogen-bond acceptors (Lipinski definition) is 2. The van der Waals surface area contributed by atoms with Crippen molar-refractivity contribution in [3.63, 3.8) is 0 Å². The van der Waals surface area contributed by atoms with Crippen molar-refractivity contribution in [2.45, 2.75) is 6.04 Å². The largest absolute Gasteiger partial charge is 0.394 e. The van der Waals surface area contributed by atoms with E-state index in [9.17, 15) is 0 Å². The molecule has 1 aromatic rings. The van der Waals surface area contributed by atoms with Crippen LogP contribution in [-0.4, -0.2) is 11.7 Å². The molecule has 4 heteroatoms. The van der Waals surface area contributed by atoms with E-state index in [0.717, 1.165) is 10.0 Å². The number of aliphatic hydroxyl groups is 1. The summed E-state index contributed by atoms with van der Waals surface area (Å²) in [5.41, 5.74) is 6.37. The van der Waals surface area contributed by atoms with Crippen LogP contribution in [0.15, 0.2) is 22.7 Å². The van der Waals surface area contributed by atoms with Crippen LogP contribution in [0.1, 0.15) is 11.6 Å². The molecule has 0 bridgehead atoms. The quantitative estimate of drug-likeness (QED) is 0.844. The van der Waals surface area contributed by atoms with Crippen LogP contribution in [0, 0.1) is 0 Å². The van der Waals surface area contributed by atoms with Gasteiger partial charge >= 0.3 is 0 Å². The molecule has 3 N–H and O–H groups in total. The fraction of sp³-hybridized carbons (Fsp3) is 0.250. The van der Waals surface area contributed by atoms with E-state index in [4.69, 9.17) is 22.4 Å². The van der Waals surface area contributed by atoms with Crippen molar-refractivity contribution in [3.8, 4) is 0 Å². The standard InChI is InChI=1S/C8H9BrClNO/c9-5-1-2-7(10)6(3-5)8(11)4-12/h1-3,8,12H,4,11H2/t8-/m0/s1. The molecule has 1 atom stereocenters. The van der Waals surface area contributed by atoms with Crippen molar-refractivity contribution < 1.29 is 5.11 Å². The Bertz CT molecular complexity index is 280. The molecule has 0 saturated carbocycles. The lowest BCUT2D eigenvalue weighted by Crippen LogP contribution is -2.14. The Morgan fingerprint density at radius 3 is 2.83 bits per heavy atom. The molecular weight excluding hydrogens is 241 g/mol. The minimum absolute atomic E-state index is 0.101. The molecule has 2 nitrogen and oxygen atoms in total. The summed E-state index contributed by atoms with van der Waals surface area (Å²) >= 11 is 9.16. The Labute approximate surface area is 84.5 Å². The van der Waals surface area contributed by atoms with Crippen molar-refractivity contribution in [3.05, 3.63) is 33.3 Å². The van der Waals surface area contributed by atoms with Crippen molar-refractivity contribution in [1.82, 2.24) is 0 Å². The lowest BCUT2D eigenvalue weighted by Gasteiger charge is -2.10. The molecule has 0 spiro atoms. The summed E-state index contributed by atoms with van der Waals surface area (Å²) in [5, 5.41) is 9.39. The van der Waals surface area contributed by atoms with Gasteiger partial charge in [-0.25, -0.2) is 0 Å². The van der Waals surface area contributed by atoms with Crippen LogP contribution < -0.4 is 5.73 Å². The van der Waals surface area contributed by atoms with E-state index >= 15 is 0 Å². The van der Waals surface area contributed by atoms with Gasteiger partial charge < -0.3 is 10.8 Å². The van der Waals surface area contributed by atoms with Gasteiger partial charge in [-0.2, -0.15) is 0 Å². The SMILES string of the molecule is N[C@@H](CO)c1cc(Br)ccc1Cl. The normalized spacial score (nSPS) is 13.0. The van der Waals surface area contributed by atoms with Gasteiger partial charge in [0.25, 0.3) is 0 Å². The maximum absolute atomic E-state index is 8.80. The van der Waals surface area contributed by atoms with Gasteiger partial charge in [-0.15, -0.1) is 0 Å². The van der Waals surface area contributed by atoms with Crippen LogP contribution in [0.25, 0.3) is 0 Å². The molecule has 0 heterocycles. The Hall–Kier alpha value is -0.0900. The van der Waals surface area contributed by atoms with Crippen LogP contribution in [0.3, 0.4) is 0 Å². The predicted octanol–water partition coefficient (Wildman–Crippen LogP) is 2.09. The molecule has 0 saturated heterocycles. The van der Waals surface area contributed by atoms with Crippen molar-refractivity contribution in [2.75, 3.05) is 6.61 Å². The van der Waals surface area contributed by atoms with Crippen LogP contribution >= 0.6 is 27.5 Å². The number of benzene rings is 1. The first-order valence-corrected chi connectivity index (χ1v) is 4.63. The van der Waals surface area contributed by atoms with E-state index in [0.29, 0.717) is 5.02 Å². The van der Waals surface area contributed by atoms with Crippen LogP contribution in [-0.2, 0) is 0 Å². The smallest absolute Gasteiger partial charge is 0.0624 e. The van der Waals surface area contributed by atoms with Gasteiger partial charge in [0.05, 0.1) is 12.6 Å². The number of aliphatic hydroxyl groups excluding tert-OH is 1. The van der Waals surface area contributed by atoms with Crippen molar-refractivity contribution in [2.24, 2.45) is 5.73 Å². The molecule has 66 valence electrons. The molecule has 12 heavy (non-hydrogen) atoms. The monoisotopic (exact) mass is 249 g/mol. The minimum atomic E-state index is -0.407. The fourth-order valence-electron chi connectivity index (χ4n) is 0.897. The highest BCUT2D eigenvalue weighted by atomic mass is 79.9. The average Bonchev–Trinajstić information content (AvgIpc) is 2.08. The van der Waals surface area contributed by atoms with Gasteiger partial charge in [-0.1, -0.05) is 27.5 Å². The number of nitrogens with two attached hydrogens (primary N) is 1. The molecule has 0 amide bonds. The van der Waals surface area contributed by atoms with E-state index < -0.39 is 6.04 Å². The lowest BCUT2D eigenvalue weighted by atomic mass is 10.1.